The van der Waals surface area contributed by atoms with Gasteiger partial charge in [0, 0.05) is 37.5 Å². The summed E-state index contributed by atoms with van der Waals surface area (Å²) in [6.07, 6.45) is 6.22. The maximum Gasteiger partial charge on any atom is 0.191 e. The molecule has 0 bridgehead atoms. The van der Waals surface area contributed by atoms with E-state index in [0.29, 0.717) is 0 Å². The molecule has 1 heterocycles. The quantitative estimate of drug-likeness (QED) is 0.388. The molecule has 1 atom stereocenters. The summed E-state index contributed by atoms with van der Waals surface area (Å²) in [6.45, 7) is 11.1. The van der Waals surface area contributed by atoms with Crippen LogP contribution in [0.2, 0.25) is 0 Å². The van der Waals surface area contributed by atoms with E-state index in [1.165, 1.54) is 25.8 Å². The summed E-state index contributed by atoms with van der Waals surface area (Å²) in [4.78, 5) is 6.87. The Kier molecular flexibility index (Phi) is 11.1. The standard InChI is InChI=1S/C15H32N4S.HI/c1-13-8-6-7-10-19(13)11-9-17-14(16-4)18-12-15(2,3)20-5;/h13H,6-12H2,1-5H3,(H2,16,17,18);1H. The Labute approximate surface area is 152 Å². The van der Waals surface area contributed by atoms with Gasteiger partial charge in [-0.25, -0.2) is 0 Å². The number of nitrogens with one attached hydrogen (secondary N) is 2. The number of hydrogen-bond donors (Lipinski definition) is 2. The number of hydrogen-bond acceptors (Lipinski definition) is 3. The van der Waals surface area contributed by atoms with Gasteiger partial charge in [0.2, 0.25) is 0 Å². The molecule has 1 fully saturated rings. The highest BCUT2D eigenvalue weighted by Gasteiger charge is 2.18. The second kappa shape index (κ2) is 10.9. The molecule has 6 heteroatoms. The molecule has 0 amide bonds. The molecule has 0 aromatic carbocycles. The van der Waals surface area contributed by atoms with Gasteiger partial charge in [-0.15, -0.1) is 24.0 Å². The highest BCUT2D eigenvalue weighted by molar-refractivity contribution is 14.0. The average molecular weight is 428 g/mol. The third-order valence-corrected chi connectivity index (χ3v) is 5.34. The van der Waals surface area contributed by atoms with Crippen molar-refractivity contribution in [2.24, 2.45) is 4.99 Å². The van der Waals surface area contributed by atoms with Gasteiger partial charge >= 0.3 is 0 Å². The van der Waals surface area contributed by atoms with Gasteiger partial charge in [-0.1, -0.05) is 6.42 Å². The van der Waals surface area contributed by atoms with E-state index in [1.54, 1.807) is 0 Å². The molecule has 4 nitrogen and oxygen atoms in total. The Morgan fingerprint density at radius 3 is 2.62 bits per heavy atom. The molecule has 1 saturated heterocycles. The molecular weight excluding hydrogens is 395 g/mol. The van der Waals surface area contributed by atoms with Crippen molar-refractivity contribution >= 4 is 41.7 Å². The molecule has 0 radical (unpaired) electrons. The maximum atomic E-state index is 4.29. The van der Waals surface area contributed by atoms with Gasteiger partial charge in [-0.2, -0.15) is 11.8 Å². The number of thioether (sulfide) groups is 1. The SMILES string of the molecule is CN=C(NCCN1CCCCC1C)NCC(C)(C)SC.I. The van der Waals surface area contributed by atoms with Crippen LogP contribution in [0.5, 0.6) is 0 Å². The largest absolute Gasteiger partial charge is 0.355 e. The van der Waals surface area contributed by atoms with Crippen LogP contribution in [0.1, 0.15) is 40.0 Å². The van der Waals surface area contributed by atoms with Gasteiger partial charge in [0.1, 0.15) is 0 Å². The van der Waals surface area contributed by atoms with E-state index in [0.717, 1.165) is 31.6 Å². The third-order valence-electron chi connectivity index (χ3n) is 4.09. The first-order valence-corrected chi connectivity index (χ1v) is 8.94. The minimum Gasteiger partial charge on any atom is -0.355 e. The van der Waals surface area contributed by atoms with Crippen molar-refractivity contribution in [2.45, 2.75) is 50.8 Å². The van der Waals surface area contributed by atoms with Crippen LogP contribution in [0.25, 0.3) is 0 Å². The van der Waals surface area contributed by atoms with Crippen LogP contribution in [-0.4, -0.2) is 61.1 Å². The van der Waals surface area contributed by atoms with Crippen molar-refractivity contribution in [3.63, 3.8) is 0 Å². The first kappa shape index (κ1) is 21.3. The Hall–Kier alpha value is 0.310. The van der Waals surface area contributed by atoms with Crippen LogP contribution in [0.15, 0.2) is 4.99 Å². The molecule has 0 saturated carbocycles. The Morgan fingerprint density at radius 2 is 2.05 bits per heavy atom. The fourth-order valence-corrected chi connectivity index (χ4v) is 2.61. The van der Waals surface area contributed by atoms with Crippen molar-refractivity contribution in [1.82, 2.24) is 15.5 Å². The molecule has 0 spiro atoms. The minimum atomic E-state index is 0. The lowest BCUT2D eigenvalue weighted by Gasteiger charge is -2.33. The Morgan fingerprint density at radius 1 is 1.33 bits per heavy atom. The zero-order chi connectivity index (χ0) is 15.0. The van der Waals surface area contributed by atoms with E-state index in [-0.39, 0.29) is 28.7 Å². The van der Waals surface area contributed by atoms with E-state index in [9.17, 15) is 0 Å². The second-order valence-corrected chi connectivity index (χ2v) is 7.71. The van der Waals surface area contributed by atoms with Gasteiger partial charge in [-0.05, 0) is 46.4 Å². The molecule has 126 valence electrons. The monoisotopic (exact) mass is 428 g/mol. The Balaban J connectivity index is 0.00000400. The van der Waals surface area contributed by atoms with Crippen LogP contribution in [-0.2, 0) is 0 Å². The molecule has 0 aromatic heterocycles. The number of rotatable bonds is 6. The lowest BCUT2D eigenvalue weighted by molar-refractivity contribution is 0.163. The normalized spacial score (nSPS) is 20.8. The van der Waals surface area contributed by atoms with Crippen molar-refractivity contribution in [3.05, 3.63) is 0 Å². The highest BCUT2D eigenvalue weighted by atomic mass is 127. The average Bonchev–Trinajstić information content (AvgIpc) is 2.44. The van der Waals surface area contributed by atoms with E-state index in [4.69, 9.17) is 0 Å². The molecule has 21 heavy (non-hydrogen) atoms. The number of piperidine rings is 1. The number of likely N-dealkylation sites (tertiary alicyclic amines) is 1. The molecule has 0 aromatic rings. The van der Waals surface area contributed by atoms with Crippen LogP contribution in [0.4, 0.5) is 0 Å². The highest BCUT2D eigenvalue weighted by Crippen LogP contribution is 2.19. The lowest BCUT2D eigenvalue weighted by Crippen LogP contribution is -2.47. The van der Waals surface area contributed by atoms with Crippen LogP contribution in [0.3, 0.4) is 0 Å². The second-order valence-electron chi connectivity index (χ2n) is 6.20. The van der Waals surface area contributed by atoms with Gasteiger partial charge in [0.25, 0.3) is 0 Å². The lowest BCUT2D eigenvalue weighted by atomic mass is 10.0. The van der Waals surface area contributed by atoms with E-state index in [2.05, 4.69) is 47.6 Å². The molecule has 1 rings (SSSR count). The third kappa shape index (κ3) is 8.50. The number of halogens is 1. The Bertz CT molecular complexity index is 310. The molecule has 1 aliphatic heterocycles. The minimum absolute atomic E-state index is 0. The van der Waals surface area contributed by atoms with Gasteiger partial charge < -0.3 is 10.6 Å². The molecule has 0 aliphatic carbocycles. The fourth-order valence-electron chi connectivity index (χ4n) is 2.40. The van der Waals surface area contributed by atoms with Gasteiger partial charge in [0.05, 0.1) is 0 Å². The number of nitrogens with zero attached hydrogens (tertiary/aromatic N) is 2. The first-order valence-electron chi connectivity index (χ1n) is 7.72. The van der Waals surface area contributed by atoms with Crippen LogP contribution in [0, 0.1) is 0 Å². The number of guanidine groups is 1. The number of aliphatic imine (C=N–C) groups is 1. The summed E-state index contributed by atoms with van der Waals surface area (Å²) >= 11 is 1.87. The summed E-state index contributed by atoms with van der Waals surface area (Å²) < 4.78 is 0.235. The van der Waals surface area contributed by atoms with Gasteiger partial charge in [-0.3, -0.25) is 9.89 Å². The summed E-state index contributed by atoms with van der Waals surface area (Å²) in [7, 11) is 1.84. The van der Waals surface area contributed by atoms with Crippen molar-refractivity contribution in [2.75, 3.05) is 39.5 Å². The molecular formula is C15H33IN4S. The smallest absolute Gasteiger partial charge is 0.191 e. The zero-order valence-corrected chi connectivity index (χ0v) is 17.4. The van der Waals surface area contributed by atoms with Crippen LogP contribution >= 0.6 is 35.7 Å². The molecule has 2 N–H and O–H groups in total. The van der Waals surface area contributed by atoms with Gasteiger partial charge in [0.15, 0.2) is 5.96 Å². The summed E-state index contributed by atoms with van der Waals surface area (Å²) in [5, 5.41) is 6.83. The fraction of sp³-hybridized carbons (Fsp3) is 0.933. The zero-order valence-electron chi connectivity index (χ0n) is 14.2. The topological polar surface area (TPSA) is 39.7 Å². The summed E-state index contributed by atoms with van der Waals surface area (Å²) in [6, 6.07) is 0.732. The van der Waals surface area contributed by atoms with Crippen LogP contribution < -0.4 is 10.6 Å². The predicted octanol–water partition coefficient (Wildman–Crippen LogP) is 2.79. The molecule has 1 unspecified atom stereocenters. The maximum absolute atomic E-state index is 4.29. The predicted molar refractivity (Wildman–Crippen MR) is 107 cm³/mol. The first-order chi connectivity index (χ1) is 9.48. The van der Waals surface area contributed by atoms with Crippen molar-refractivity contribution in [3.8, 4) is 0 Å². The van der Waals surface area contributed by atoms with Crippen molar-refractivity contribution in [1.29, 1.82) is 0 Å². The summed E-state index contributed by atoms with van der Waals surface area (Å²) in [5.41, 5.74) is 0. The van der Waals surface area contributed by atoms with Crippen molar-refractivity contribution < 1.29 is 0 Å². The van der Waals surface area contributed by atoms with E-state index >= 15 is 0 Å². The van der Waals surface area contributed by atoms with E-state index < -0.39 is 0 Å². The molecule has 1 aliphatic rings. The summed E-state index contributed by atoms with van der Waals surface area (Å²) in [5.74, 6) is 0.914. The van der Waals surface area contributed by atoms with E-state index in [1.807, 2.05) is 18.8 Å².